The second-order valence-corrected chi connectivity index (χ2v) is 3.58. The van der Waals surface area contributed by atoms with Crippen molar-refractivity contribution in [1.82, 2.24) is 15.5 Å². The van der Waals surface area contributed by atoms with Crippen LogP contribution in [0, 0.1) is 5.92 Å². The van der Waals surface area contributed by atoms with Gasteiger partial charge >= 0.3 is 6.03 Å². The van der Waals surface area contributed by atoms with Gasteiger partial charge in [-0.15, -0.1) is 0 Å². The summed E-state index contributed by atoms with van der Waals surface area (Å²) in [7, 11) is 1.59. The highest BCUT2D eigenvalue weighted by molar-refractivity contribution is 5.74. The van der Waals surface area contributed by atoms with E-state index < -0.39 is 0 Å². The molecular weight excluding hydrogens is 182 g/mol. The van der Waals surface area contributed by atoms with Gasteiger partial charge in [-0.2, -0.15) is 0 Å². The van der Waals surface area contributed by atoms with Crippen LogP contribution in [0.3, 0.4) is 0 Å². The predicted molar refractivity (Wildman–Crippen MR) is 52.8 cm³/mol. The highest BCUT2D eigenvalue weighted by Crippen LogP contribution is 2.14. The Balaban J connectivity index is 2.22. The Bertz CT molecular complexity index is 230. The predicted octanol–water partition coefficient (Wildman–Crippen LogP) is -0.216. The number of carbonyl (C=O) groups is 2. The minimum Gasteiger partial charge on any atom is -0.343 e. The number of rotatable bonds is 2. The maximum atomic E-state index is 11.0. The van der Waals surface area contributed by atoms with Crippen molar-refractivity contribution in [2.75, 3.05) is 26.7 Å². The Morgan fingerprint density at radius 1 is 1.50 bits per heavy atom. The maximum absolute atomic E-state index is 11.0. The summed E-state index contributed by atoms with van der Waals surface area (Å²) in [6.07, 6.45) is 0.976. The van der Waals surface area contributed by atoms with Crippen LogP contribution in [0.25, 0.3) is 0 Å². The molecule has 1 atom stereocenters. The van der Waals surface area contributed by atoms with E-state index in [0.717, 1.165) is 19.5 Å². The fourth-order valence-electron chi connectivity index (χ4n) is 1.61. The zero-order chi connectivity index (χ0) is 10.6. The third kappa shape index (κ3) is 2.90. The maximum Gasteiger partial charge on any atom is 0.314 e. The zero-order valence-electron chi connectivity index (χ0n) is 8.67. The molecule has 0 spiro atoms. The molecule has 1 fully saturated rings. The molecule has 1 saturated heterocycles. The second kappa shape index (κ2) is 4.83. The molecule has 2 N–H and O–H groups in total. The highest BCUT2D eigenvalue weighted by atomic mass is 16.2. The number of amides is 3. The van der Waals surface area contributed by atoms with Gasteiger partial charge in [0, 0.05) is 33.6 Å². The zero-order valence-corrected chi connectivity index (χ0v) is 8.67. The molecule has 1 heterocycles. The van der Waals surface area contributed by atoms with Crippen LogP contribution in [0.1, 0.15) is 13.3 Å². The Morgan fingerprint density at radius 3 is 2.71 bits per heavy atom. The summed E-state index contributed by atoms with van der Waals surface area (Å²) in [6, 6.07) is -0.161. The average Bonchev–Trinajstić information content (AvgIpc) is 2.62. The second-order valence-electron chi connectivity index (χ2n) is 3.58. The minimum absolute atomic E-state index is 0.118. The van der Waals surface area contributed by atoms with E-state index in [1.165, 1.54) is 0 Å². The summed E-state index contributed by atoms with van der Waals surface area (Å²) < 4.78 is 0. The van der Waals surface area contributed by atoms with E-state index in [9.17, 15) is 9.59 Å². The Morgan fingerprint density at radius 2 is 2.21 bits per heavy atom. The molecule has 1 aliphatic heterocycles. The monoisotopic (exact) mass is 199 g/mol. The summed E-state index contributed by atoms with van der Waals surface area (Å²) in [5, 5.41) is 5.24. The van der Waals surface area contributed by atoms with Gasteiger partial charge in [0.2, 0.25) is 5.91 Å². The first-order chi connectivity index (χ1) is 6.63. The molecule has 5 nitrogen and oxygen atoms in total. The first kappa shape index (κ1) is 10.8. The fourth-order valence-corrected chi connectivity index (χ4v) is 1.61. The van der Waals surface area contributed by atoms with Crippen molar-refractivity contribution in [1.29, 1.82) is 0 Å². The number of likely N-dealkylation sites (tertiary alicyclic amines) is 1. The molecule has 0 aromatic carbocycles. The Hall–Kier alpha value is -1.26. The lowest BCUT2D eigenvalue weighted by Gasteiger charge is -2.14. The first-order valence-electron chi connectivity index (χ1n) is 4.84. The van der Waals surface area contributed by atoms with Gasteiger partial charge in [0.25, 0.3) is 0 Å². The van der Waals surface area contributed by atoms with Crippen molar-refractivity contribution in [2.24, 2.45) is 5.92 Å². The van der Waals surface area contributed by atoms with E-state index in [2.05, 4.69) is 10.6 Å². The topological polar surface area (TPSA) is 61.4 Å². The quantitative estimate of drug-likeness (QED) is 0.646. The molecular formula is C9H17N3O2. The van der Waals surface area contributed by atoms with Gasteiger partial charge in [-0.3, -0.25) is 4.79 Å². The summed E-state index contributed by atoms with van der Waals surface area (Å²) in [5.41, 5.74) is 0. The van der Waals surface area contributed by atoms with Crippen LogP contribution in [0.4, 0.5) is 4.79 Å². The molecule has 0 aliphatic carbocycles. The highest BCUT2D eigenvalue weighted by Gasteiger charge is 2.23. The molecule has 0 radical (unpaired) electrons. The molecule has 1 rings (SSSR count). The largest absolute Gasteiger partial charge is 0.343 e. The molecule has 1 aliphatic rings. The molecule has 3 amide bonds. The van der Waals surface area contributed by atoms with Gasteiger partial charge < -0.3 is 15.5 Å². The van der Waals surface area contributed by atoms with Gasteiger partial charge in [0.15, 0.2) is 0 Å². The molecule has 5 heteroatoms. The number of urea groups is 1. The van der Waals surface area contributed by atoms with Crippen LogP contribution >= 0.6 is 0 Å². The van der Waals surface area contributed by atoms with Crippen LogP contribution in [0.2, 0.25) is 0 Å². The lowest BCUT2D eigenvalue weighted by atomic mass is 10.1. The molecule has 1 unspecified atom stereocenters. The third-order valence-electron chi connectivity index (χ3n) is 2.51. The number of hydrogen-bond acceptors (Lipinski definition) is 2. The summed E-state index contributed by atoms with van der Waals surface area (Å²) in [6.45, 7) is 3.80. The van der Waals surface area contributed by atoms with Crippen molar-refractivity contribution < 1.29 is 9.59 Å². The fraction of sp³-hybridized carbons (Fsp3) is 0.778. The third-order valence-corrected chi connectivity index (χ3v) is 2.51. The first-order valence-corrected chi connectivity index (χ1v) is 4.84. The lowest BCUT2D eigenvalue weighted by Crippen LogP contribution is -2.37. The molecule has 0 saturated carbocycles. The van der Waals surface area contributed by atoms with Gasteiger partial charge in [-0.05, 0) is 12.3 Å². The summed E-state index contributed by atoms with van der Waals surface area (Å²) in [4.78, 5) is 23.7. The Labute approximate surface area is 83.8 Å². The van der Waals surface area contributed by atoms with Crippen molar-refractivity contribution in [2.45, 2.75) is 13.3 Å². The molecule has 80 valence electrons. The van der Waals surface area contributed by atoms with E-state index >= 15 is 0 Å². The van der Waals surface area contributed by atoms with Crippen LogP contribution in [-0.4, -0.2) is 43.5 Å². The SMILES string of the molecule is CNC(=O)NCC1CCN(C(C)=O)C1. The number of carbonyl (C=O) groups excluding carboxylic acids is 2. The van der Waals surface area contributed by atoms with Crippen molar-refractivity contribution in [3.8, 4) is 0 Å². The van der Waals surface area contributed by atoms with E-state index in [4.69, 9.17) is 0 Å². The molecule has 0 bridgehead atoms. The summed E-state index contributed by atoms with van der Waals surface area (Å²) >= 11 is 0. The molecule has 0 aromatic rings. The Kier molecular flexibility index (Phi) is 3.73. The number of nitrogens with zero attached hydrogens (tertiary/aromatic N) is 1. The smallest absolute Gasteiger partial charge is 0.314 e. The number of nitrogens with one attached hydrogen (secondary N) is 2. The summed E-state index contributed by atoms with van der Waals surface area (Å²) in [5.74, 6) is 0.517. The standard InChI is InChI=1S/C9H17N3O2/c1-7(13)12-4-3-8(6-12)5-11-9(14)10-2/h8H,3-6H2,1-2H3,(H2,10,11,14). The van der Waals surface area contributed by atoms with Crippen molar-refractivity contribution >= 4 is 11.9 Å². The van der Waals surface area contributed by atoms with Gasteiger partial charge in [0.1, 0.15) is 0 Å². The molecule has 14 heavy (non-hydrogen) atoms. The lowest BCUT2D eigenvalue weighted by molar-refractivity contribution is -0.127. The normalized spacial score (nSPS) is 20.7. The van der Waals surface area contributed by atoms with Crippen molar-refractivity contribution in [3.63, 3.8) is 0 Å². The van der Waals surface area contributed by atoms with Crippen LogP contribution in [0.5, 0.6) is 0 Å². The minimum atomic E-state index is -0.161. The van der Waals surface area contributed by atoms with E-state index in [0.29, 0.717) is 12.5 Å². The number of hydrogen-bond donors (Lipinski definition) is 2. The van der Waals surface area contributed by atoms with E-state index in [1.807, 2.05) is 4.90 Å². The van der Waals surface area contributed by atoms with Gasteiger partial charge in [-0.1, -0.05) is 0 Å². The van der Waals surface area contributed by atoms with Crippen LogP contribution in [-0.2, 0) is 4.79 Å². The van der Waals surface area contributed by atoms with Crippen LogP contribution < -0.4 is 10.6 Å². The van der Waals surface area contributed by atoms with Gasteiger partial charge in [0.05, 0.1) is 0 Å². The van der Waals surface area contributed by atoms with Gasteiger partial charge in [-0.25, -0.2) is 4.79 Å². The van der Waals surface area contributed by atoms with E-state index in [-0.39, 0.29) is 11.9 Å². The average molecular weight is 199 g/mol. The van der Waals surface area contributed by atoms with Crippen molar-refractivity contribution in [3.05, 3.63) is 0 Å². The van der Waals surface area contributed by atoms with Crippen LogP contribution in [0.15, 0.2) is 0 Å². The van der Waals surface area contributed by atoms with E-state index in [1.54, 1.807) is 14.0 Å². The molecule has 0 aromatic heterocycles.